The van der Waals surface area contributed by atoms with Gasteiger partial charge in [0.1, 0.15) is 16.9 Å². The second-order valence-corrected chi connectivity index (χ2v) is 6.88. The molecule has 3 aromatic carbocycles. The van der Waals surface area contributed by atoms with E-state index in [0.717, 1.165) is 11.8 Å². The first-order chi connectivity index (χ1) is 14.0. The average Bonchev–Trinajstić information content (AvgIpc) is 3.11. The number of rotatable bonds is 3. The van der Waals surface area contributed by atoms with Gasteiger partial charge in [0, 0.05) is 5.56 Å². The lowest BCUT2D eigenvalue weighted by Crippen LogP contribution is -2.34. The van der Waals surface area contributed by atoms with E-state index in [1.54, 1.807) is 12.1 Å². The molecule has 0 aliphatic heterocycles. The lowest BCUT2D eigenvalue weighted by Gasteiger charge is -2.10. The molecule has 1 heterocycles. The van der Waals surface area contributed by atoms with Gasteiger partial charge in [-0.15, -0.1) is 10.2 Å². The molecule has 4 rings (SSSR count). The van der Waals surface area contributed by atoms with E-state index in [1.807, 2.05) is 30.3 Å². The van der Waals surface area contributed by atoms with E-state index in [0.29, 0.717) is 21.7 Å². The highest BCUT2D eigenvalue weighted by Crippen LogP contribution is 2.27. The zero-order valence-electron chi connectivity index (χ0n) is 14.8. The number of carbonyl (C=O) groups excluding carboxylic acids is 1. The van der Waals surface area contributed by atoms with Crippen LogP contribution in [0.25, 0.3) is 16.7 Å². The first-order valence-corrected chi connectivity index (χ1v) is 9.28. The Kier molecular flexibility index (Phi) is 5.20. The molecular formula is C20H13ClFN5OS. The van der Waals surface area contributed by atoms with Crippen LogP contribution in [0.15, 0.2) is 66.7 Å². The van der Waals surface area contributed by atoms with Gasteiger partial charge in [-0.3, -0.25) is 10.1 Å². The van der Waals surface area contributed by atoms with Crippen LogP contribution in [0.2, 0.25) is 5.02 Å². The molecule has 0 saturated carbocycles. The molecule has 0 bridgehead atoms. The topological polar surface area (TPSA) is 71.8 Å². The second kappa shape index (κ2) is 7.94. The van der Waals surface area contributed by atoms with Crippen LogP contribution in [-0.2, 0) is 0 Å². The van der Waals surface area contributed by atoms with E-state index in [-0.39, 0.29) is 10.7 Å². The summed E-state index contributed by atoms with van der Waals surface area (Å²) < 4.78 is 13.3. The summed E-state index contributed by atoms with van der Waals surface area (Å²) in [6, 6.07) is 18.1. The third kappa shape index (κ3) is 4.23. The molecule has 1 amide bonds. The van der Waals surface area contributed by atoms with Crippen LogP contribution in [0.5, 0.6) is 0 Å². The van der Waals surface area contributed by atoms with Gasteiger partial charge >= 0.3 is 0 Å². The minimum atomic E-state index is -0.533. The van der Waals surface area contributed by atoms with Crippen molar-refractivity contribution in [1.29, 1.82) is 0 Å². The number of fused-ring (bicyclic) bond motifs is 1. The van der Waals surface area contributed by atoms with Crippen molar-refractivity contribution in [3.63, 3.8) is 0 Å². The third-order valence-corrected chi connectivity index (χ3v) is 4.54. The van der Waals surface area contributed by atoms with Gasteiger partial charge in [-0.2, -0.15) is 4.80 Å². The summed E-state index contributed by atoms with van der Waals surface area (Å²) in [6.45, 7) is 0. The Hall–Kier alpha value is -3.36. The molecule has 4 aromatic rings. The fourth-order valence-electron chi connectivity index (χ4n) is 2.67. The SMILES string of the molecule is O=C(NC(=S)Nc1cc2nn(-c3ccccc3)nc2cc1Cl)c1cccc(F)c1. The van der Waals surface area contributed by atoms with Crippen molar-refractivity contribution in [3.05, 3.63) is 83.1 Å². The first kappa shape index (κ1) is 19.0. The maximum absolute atomic E-state index is 13.3. The van der Waals surface area contributed by atoms with E-state index in [1.165, 1.54) is 23.0 Å². The van der Waals surface area contributed by atoms with Crippen LogP contribution in [0.3, 0.4) is 0 Å². The molecule has 0 saturated heterocycles. The van der Waals surface area contributed by atoms with E-state index in [9.17, 15) is 9.18 Å². The summed E-state index contributed by atoms with van der Waals surface area (Å²) in [5, 5.41) is 14.6. The van der Waals surface area contributed by atoms with E-state index in [2.05, 4.69) is 20.8 Å². The molecule has 29 heavy (non-hydrogen) atoms. The van der Waals surface area contributed by atoms with Crippen LogP contribution in [0, 0.1) is 5.82 Å². The van der Waals surface area contributed by atoms with Crippen LogP contribution < -0.4 is 10.6 Å². The monoisotopic (exact) mass is 425 g/mol. The highest BCUT2D eigenvalue weighted by molar-refractivity contribution is 7.80. The Balaban J connectivity index is 1.53. The van der Waals surface area contributed by atoms with E-state index in [4.69, 9.17) is 23.8 Å². The molecule has 0 fully saturated rings. The molecule has 6 nitrogen and oxygen atoms in total. The minimum absolute atomic E-state index is 0.0240. The summed E-state index contributed by atoms with van der Waals surface area (Å²) in [5.41, 5.74) is 2.64. The molecule has 0 atom stereocenters. The van der Waals surface area contributed by atoms with Crippen molar-refractivity contribution >= 4 is 51.6 Å². The standard InChI is InChI=1S/C20H13ClFN5OS/c21-15-10-17-18(26-27(25-17)14-7-2-1-3-8-14)11-16(15)23-20(29)24-19(28)12-5-4-6-13(22)9-12/h1-11H,(H2,23,24,28,29). The molecule has 144 valence electrons. The van der Waals surface area contributed by atoms with Crippen molar-refractivity contribution in [3.8, 4) is 5.69 Å². The number of anilines is 1. The van der Waals surface area contributed by atoms with Gasteiger partial charge in [0.05, 0.1) is 16.4 Å². The number of hydrogen-bond acceptors (Lipinski definition) is 4. The molecule has 9 heteroatoms. The predicted molar refractivity (Wildman–Crippen MR) is 114 cm³/mol. The van der Waals surface area contributed by atoms with Crippen molar-refractivity contribution in [1.82, 2.24) is 20.3 Å². The maximum atomic E-state index is 13.3. The highest BCUT2D eigenvalue weighted by atomic mass is 35.5. The number of benzene rings is 3. The summed E-state index contributed by atoms with van der Waals surface area (Å²) in [4.78, 5) is 13.7. The van der Waals surface area contributed by atoms with Crippen LogP contribution in [-0.4, -0.2) is 26.0 Å². The van der Waals surface area contributed by atoms with Crippen molar-refractivity contribution in [2.45, 2.75) is 0 Å². The van der Waals surface area contributed by atoms with E-state index < -0.39 is 11.7 Å². The Bertz CT molecular complexity index is 1230. The zero-order valence-corrected chi connectivity index (χ0v) is 16.3. The first-order valence-electron chi connectivity index (χ1n) is 8.49. The number of thiocarbonyl (C=S) groups is 1. The number of hydrogen-bond donors (Lipinski definition) is 2. The predicted octanol–water partition coefficient (Wildman–Crippen LogP) is 4.34. The highest BCUT2D eigenvalue weighted by Gasteiger charge is 2.13. The van der Waals surface area contributed by atoms with Gasteiger partial charge in [-0.1, -0.05) is 35.9 Å². The van der Waals surface area contributed by atoms with Crippen molar-refractivity contribution in [2.75, 3.05) is 5.32 Å². The van der Waals surface area contributed by atoms with Gasteiger partial charge in [-0.25, -0.2) is 4.39 Å². The minimum Gasteiger partial charge on any atom is -0.331 e. The van der Waals surface area contributed by atoms with Gasteiger partial charge in [0.15, 0.2) is 5.11 Å². The number of carbonyl (C=O) groups is 1. The normalized spacial score (nSPS) is 10.7. The summed E-state index contributed by atoms with van der Waals surface area (Å²) in [7, 11) is 0. The number of halogens is 2. The Labute approximate surface area is 175 Å². The number of nitrogens with one attached hydrogen (secondary N) is 2. The lowest BCUT2D eigenvalue weighted by atomic mass is 10.2. The summed E-state index contributed by atoms with van der Waals surface area (Å²) in [6.07, 6.45) is 0. The largest absolute Gasteiger partial charge is 0.331 e. The molecular weight excluding hydrogens is 413 g/mol. The number of nitrogens with zero attached hydrogens (tertiary/aromatic N) is 3. The van der Waals surface area contributed by atoms with Gasteiger partial charge in [0.25, 0.3) is 5.91 Å². The fourth-order valence-corrected chi connectivity index (χ4v) is 3.08. The lowest BCUT2D eigenvalue weighted by molar-refractivity contribution is 0.0977. The molecule has 0 unspecified atom stereocenters. The Morgan fingerprint density at radius 1 is 1.00 bits per heavy atom. The third-order valence-electron chi connectivity index (χ3n) is 4.02. The molecule has 0 spiro atoms. The number of aromatic nitrogens is 3. The molecule has 2 N–H and O–H groups in total. The van der Waals surface area contributed by atoms with Gasteiger partial charge in [-0.05, 0) is 54.7 Å². The van der Waals surface area contributed by atoms with Crippen molar-refractivity contribution in [2.24, 2.45) is 0 Å². The smallest absolute Gasteiger partial charge is 0.257 e. The molecule has 0 radical (unpaired) electrons. The average molecular weight is 426 g/mol. The van der Waals surface area contributed by atoms with Crippen LogP contribution in [0.4, 0.5) is 10.1 Å². The fraction of sp³-hybridized carbons (Fsp3) is 0. The van der Waals surface area contributed by atoms with E-state index >= 15 is 0 Å². The van der Waals surface area contributed by atoms with Gasteiger partial charge < -0.3 is 5.32 Å². The van der Waals surface area contributed by atoms with Gasteiger partial charge in [0.2, 0.25) is 0 Å². The number of amides is 1. The Morgan fingerprint density at radius 2 is 1.72 bits per heavy atom. The quantitative estimate of drug-likeness (QED) is 0.478. The zero-order chi connectivity index (χ0) is 20.4. The number of para-hydroxylation sites is 1. The van der Waals surface area contributed by atoms with Crippen LogP contribution in [0.1, 0.15) is 10.4 Å². The Morgan fingerprint density at radius 3 is 2.45 bits per heavy atom. The molecule has 0 aliphatic rings. The molecule has 0 aliphatic carbocycles. The summed E-state index contributed by atoms with van der Waals surface area (Å²) in [5.74, 6) is -1.04. The summed E-state index contributed by atoms with van der Waals surface area (Å²) >= 11 is 11.5. The second-order valence-electron chi connectivity index (χ2n) is 6.06. The maximum Gasteiger partial charge on any atom is 0.257 e. The van der Waals surface area contributed by atoms with Crippen molar-refractivity contribution < 1.29 is 9.18 Å². The van der Waals surface area contributed by atoms with Crippen LogP contribution >= 0.6 is 23.8 Å². The molecule has 1 aromatic heterocycles.